The van der Waals surface area contributed by atoms with Crippen molar-refractivity contribution < 1.29 is 33.4 Å². The molecule has 7 heteroatoms. The summed E-state index contributed by atoms with van der Waals surface area (Å²) < 4.78 is 16.5. The second kappa shape index (κ2) is 15.8. The smallest absolute Gasteiger partial charge is 0.322 e. The third-order valence-corrected chi connectivity index (χ3v) is 9.77. The number of carbonyl (C=O) groups is 4. The van der Waals surface area contributed by atoms with E-state index in [-0.39, 0.29) is 6.42 Å². The van der Waals surface area contributed by atoms with Gasteiger partial charge in [0, 0.05) is 12.0 Å². The molecule has 1 aromatic carbocycles. The topological polar surface area (TPSA) is 96.0 Å². The van der Waals surface area contributed by atoms with Crippen LogP contribution in [0, 0.1) is 11.8 Å². The second-order valence-corrected chi connectivity index (χ2v) is 12.8. The van der Waals surface area contributed by atoms with Gasteiger partial charge in [-0.15, -0.1) is 0 Å². The Balaban J connectivity index is 1.22. The molecule has 2 aliphatic heterocycles. The van der Waals surface area contributed by atoms with Crippen LogP contribution in [-0.4, -0.2) is 36.6 Å². The molecule has 0 spiro atoms. The molecule has 3 aliphatic rings. The molecule has 0 amide bonds. The lowest BCUT2D eigenvalue weighted by Crippen LogP contribution is -2.56. The molecule has 42 heavy (non-hydrogen) atoms. The average molecular weight is 583 g/mol. The molecule has 1 aliphatic carbocycles. The fourth-order valence-electron chi connectivity index (χ4n) is 7.37. The molecule has 4 rings (SSSR count). The summed E-state index contributed by atoms with van der Waals surface area (Å²) in [5.74, 6) is -4.82. The van der Waals surface area contributed by atoms with Crippen molar-refractivity contribution in [3.05, 3.63) is 35.4 Å². The molecule has 2 fully saturated rings. The Labute approximate surface area is 251 Å². The number of unbranched alkanes of at least 4 members (excludes halogenated alkanes) is 15. The molecule has 0 N–H and O–H groups in total. The summed E-state index contributed by atoms with van der Waals surface area (Å²) in [6.45, 7) is 4.53. The third kappa shape index (κ3) is 7.50. The van der Waals surface area contributed by atoms with Crippen LogP contribution in [0.15, 0.2) is 24.3 Å². The Bertz CT molecular complexity index is 1080. The maximum Gasteiger partial charge on any atom is 0.322 e. The summed E-state index contributed by atoms with van der Waals surface area (Å²) >= 11 is 0. The highest BCUT2D eigenvalue weighted by atomic mass is 16.6. The number of benzene rings is 1. The minimum Gasteiger partial charge on any atom is -0.393 e. The van der Waals surface area contributed by atoms with Gasteiger partial charge in [-0.3, -0.25) is 19.2 Å². The fourth-order valence-corrected chi connectivity index (χ4v) is 7.37. The van der Waals surface area contributed by atoms with Crippen LogP contribution in [0.5, 0.6) is 0 Å². The Hall–Kier alpha value is -2.54. The van der Waals surface area contributed by atoms with Gasteiger partial charge in [0.15, 0.2) is 0 Å². The first-order valence-electron chi connectivity index (χ1n) is 16.6. The van der Waals surface area contributed by atoms with Gasteiger partial charge in [0.2, 0.25) is 0 Å². The average Bonchev–Trinajstić information content (AvgIpc) is 3.48. The number of hydrogen-bond acceptors (Lipinski definition) is 7. The molecule has 0 saturated carbocycles. The van der Waals surface area contributed by atoms with Crippen LogP contribution in [0.3, 0.4) is 0 Å². The Morgan fingerprint density at radius 1 is 0.714 bits per heavy atom. The quantitative estimate of drug-likeness (QED) is 0.0948. The molecular formula is C35H50O7. The fraction of sp³-hybridized carbons (Fsp3) is 0.714. The Morgan fingerprint density at radius 3 is 1.81 bits per heavy atom. The van der Waals surface area contributed by atoms with E-state index in [0.29, 0.717) is 12.2 Å². The summed E-state index contributed by atoms with van der Waals surface area (Å²) in [5.41, 5.74) is 0.390. The maximum absolute atomic E-state index is 13.0. The highest BCUT2D eigenvalue weighted by Gasteiger charge is 2.64. The van der Waals surface area contributed by atoms with Crippen molar-refractivity contribution in [1.82, 2.24) is 0 Å². The molecule has 0 aromatic heterocycles. The first-order valence-corrected chi connectivity index (χ1v) is 16.6. The van der Waals surface area contributed by atoms with Crippen molar-refractivity contribution in [1.29, 1.82) is 0 Å². The SMILES string of the molecule is CCCCCCCCCCCCCCCCCCOC1C2C(=O)OC(=O)C2c2ccccc2C1(C)C1CC(=O)OC1=O. The van der Waals surface area contributed by atoms with E-state index >= 15 is 0 Å². The molecule has 0 bridgehead atoms. The van der Waals surface area contributed by atoms with E-state index in [9.17, 15) is 19.2 Å². The van der Waals surface area contributed by atoms with E-state index in [0.717, 1.165) is 24.8 Å². The predicted molar refractivity (Wildman–Crippen MR) is 160 cm³/mol. The van der Waals surface area contributed by atoms with Crippen molar-refractivity contribution in [2.75, 3.05) is 6.61 Å². The zero-order valence-corrected chi connectivity index (χ0v) is 25.7. The van der Waals surface area contributed by atoms with Gasteiger partial charge in [-0.25, -0.2) is 0 Å². The van der Waals surface area contributed by atoms with E-state index in [2.05, 4.69) is 6.92 Å². The maximum atomic E-state index is 13.0. The number of carbonyl (C=O) groups excluding carboxylic acids is 4. The molecule has 0 radical (unpaired) electrons. The van der Waals surface area contributed by atoms with E-state index in [1.807, 2.05) is 25.1 Å². The first-order chi connectivity index (χ1) is 20.4. The van der Waals surface area contributed by atoms with E-state index in [1.165, 1.54) is 83.5 Å². The minimum absolute atomic E-state index is 0.0804. The molecule has 1 aromatic rings. The first kappa shape index (κ1) is 32.4. The highest BCUT2D eigenvalue weighted by Crippen LogP contribution is 2.55. The molecular weight excluding hydrogens is 532 g/mol. The number of cyclic esters (lactones) is 4. The lowest BCUT2D eigenvalue weighted by atomic mass is 9.56. The number of esters is 4. The monoisotopic (exact) mass is 582 g/mol. The summed E-state index contributed by atoms with van der Waals surface area (Å²) in [5, 5.41) is 0. The zero-order valence-electron chi connectivity index (χ0n) is 25.7. The van der Waals surface area contributed by atoms with Crippen molar-refractivity contribution >= 4 is 23.9 Å². The van der Waals surface area contributed by atoms with E-state index in [1.54, 1.807) is 6.07 Å². The van der Waals surface area contributed by atoms with Gasteiger partial charge in [0.25, 0.3) is 0 Å². The molecule has 2 saturated heterocycles. The standard InChI is InChI=1S/C35H50O7/c1-3-4-5-6-7-8-9-10-11-12-13-14-15-16-17-20-23-40-31-30-29(33(38)42-34(30)39)25-21-18-19-22-26(25)35(31,2)27-24-28(36)41-32(27)37/h18-19,21-22,27,29-31H,3-17,20,23-24H2,1-2H3. The van der Waals surface area contributed by atoms with Crippen molar-refractivity contribution in [3.8, 4) is 0 Å². The van der Waals surface area contributed by atoms with Gasteiger partial charge in [0.05, 0.1) is 24.4 Å². The summed E-state index contributed by atoms with van der Waals surface area (Å²) in [6.07, 6.45) is 19.5. The van der Waals surface area contributed by atoms with Crippen molar-refractivity contribution in [3.63, 3.8) is 0 Å². The lowest BCUT2D eigenvalue weighted by Gasteiger charge is -2.48. The van der Waals surface area contributed by atoms with Crippen LogP contribution in [0.4, 0.5) is 0 Å². The summed E-state index contributed by atoms with van der Waals surface area (Å²) in [6, 6.07) is 7.32. The van der Waals surface area contributed by atoms with E-state index in [4.69, 9.17) is 14.2 Å². The van der Waals surface area contributed by atoms with E-state index < -0.39 is 53.1 Å². The summed E-state index contributed by atoms with van der Waals surface area (Å²) in [7, 11) is 0. The van der Waals surface area contributed by atoms with Gasteiger partial charge in [-0.1, -0.05) is 134 Å². The molecule has 7 nitrogen and oxygen atoms in total. The number of ether oxygens (including phenoxy) is 3. The normalized spacial score (nSPS) is 26.7. The van der Waals surface area contributed by atoms with Gasteiger partial charge in [0.1, 0.15) is 5.92 Å². The van der Waals surface area contributed by atoms with Crippen LogP contribution < -0.4 is 0 Å². The van der Waals surface area contributed by atoms with Crippen LogP contribution in [0.1, 0.15) is 140 Å². The van der Waals surface area contributed by atoms with Gasteiger partial charge >= 0.3 is 23.9 Å². The van der Waals surface area contributed by atoms with Gasteiger partial charge in [-0.05, 0) is 17.5 Å². The Kier molecular flexibility index (Phi) is 12.2. The predicted octanol–water partition coefficient (Wildman–Crippen LogP) is 7.48. The zero-order chi connectivity index (χ0) is 30.0. The van der Waals surface area contributed by atoms with Crippen LogP contribution in [-0.2, 0) is 38.8 Å². The van der Waals surface area contributed by atoms with Crippen molar-refractivity contribution in [2.24, 2.45) is 11.8 Å². The number of rotatable bonds is 19. The van der Waals surface area contributed by atoms with Gasteiger partial charge < -0.3 is 14.2 Å². The highest BCUT2D eigenvalue weighted by molar-refractivity contribution is 6.02. The molecule has 232 valence electrons. The van der Waals surface area contributed by atoms with Gasteiger partial charge in [-0.2, -0.15) is 0 Å². The lowest BCUT2D eigenvalue weighted by molar-refractivity contribution is -0.160. The molecule has 5 atom stereocenters. The number of fused-ring (bicyclic) bond motifs is 3. The molecule has 2 heterocycles. The second-order valence-electron chi connectivity index (χ2n) is 12.8. The number of hydrogen-bond donors (Lipinski definition) is 0. The minimum atomic E-state index is -1.01. The molecule has 5 unspecified atom stereocenters. The Morgan fingerprint density at radius 2 is 1.26 bits per heavy atom. The van der Waals surface area contributed by atoms with Crippen LogP contribution in [0.25, 0.3) is 0 Å². The van der Waals surface area contributed by atoms with Crippen LogP contribution >= 0.6 is 0 Å². The summed E-state index contributed by atoms with van der Waals surface area (Å²) in [4.78, 5) is 50.7. The van der Waals surface area contributed by atoms with Crippen LogP contribution in [0.2, 0.25) is 0 Å². The third-order valence-electron chi connectivity index (χ3n) is 9.77. The largest absolute Gasteiger partial charge is 0.393 e. The van der Waals surface area contributed by atoms with Crippen molar-refractivity contribution in [2.45, 2.75) is 140 Å².